The zero-order valence-electron chi connectivity index (χ0n) is 7.66. The molecule has 1 rings (SSSR count). The third kappa shape index (κ3) is 2.69. The van der Waals surface area contributed by atoms with Crippen LogP contribution in [0, 0.1) is 0 Å². The van der Waals surface area contributed by atoms with E-state index in [1.165, 1.54) is 7.11 Å². The minimum absolute atomic E-state index is 0.000143. The molecule has 0 radical (unpaired) electrons. The number of halogens is 5. The first-order chi connectivity index (χ1) is 6.90. The second-order valence-corrected chi connectivity index (χ2v) is 3.44. The molecule has 0 atom stereocenters. The maximum atomic E-state index is 12.4. The summed E-state index contributed by atoms with van der Waals surface area (Å²) in [6.07, 6.45) is -4.44. The predicted octanol–water partition coefficient (Wildman–Crippen LogP) is 4.11. The van der Waals surface area contributed by atoms with Gasteiger partial charge in [0.05, 0.1) is 18.6 Å². The van der Waals surface area contributed by atoms with Crippen LogP contribution in [-0.4, -0.2) is 7.11 Å². The van der Waals surface area contributed by atoms with Gasteiger partial charge in [-0.15, -0.1) is 11.6 Å². The Balaban J connectivity index is 3.32. The molecule has 15 heavy (non-hydrogen) atoms. The van der Waals surface area contributed by atoms with Crippen molar-refractivity contribution in [1.29, 1.82) is 0 Å². The van der Waals surface area contributed by atoms with Crippen LogP contribution in [0.15, 0.2) is 12.1 Å². The van der Waals surface area contributed by atoms with E-state index in [0.29, 0.717) is 5.56 Å². The summed E-state index contributed by atoms with van der Waals surface area (Å²) in [4.78, 5) is 0. The second-order valence-electron chi connectivity index (χ2n) is 2.77. The molecule has 0 fully saturated rings. The van der Waals surface area contributed by atoms with E-state index < -0.39 is 11.7 Å². The minimum atomic E-state index is -4.44. The molecule has 1 aromatic carbocycles. The minimum Gasteiger partial charge on any atom is -0.496 e. The van der Waals surface area contributed by atoms with Crippen molar-refractivity contribution in [2.24, 2.45) is 0 Å². The van der Waals surface area contributed by atoms with Crippen LogP contribution in [0.5, 0.6) is 5.75 Å². The number of rotatable bonds is 2. The molecular formula is C9H7Cl2F3O. The SMILES string of the molecule is COc1cc(C(F)(F)F)cc(Cl)c1CCl. The Labute approximate surface area is 94.7 Å². The third-order valence-corrected chi connectivity index (χ3v) is 2.44. The van der Waals surface area contributed by atoms with Crippen molar-refractivity contribution in [3.05, 3.63) is 28.3 Å². The molecule has 84 valence electrons. The monoisotopic (exact) mass is 258 g/mol. The predicted molar refractivity (Wildman–Crippen MR) is 52.6 cm³/mol. The van der Waals surface area contributed by atoms with E-state index in [1.54, 1.807) is 0 Å². The van der Waals surface area contributed by atoms with Crippen LogP contribution >= 0.6 is 23.2 Å². The van der Waals surface area contributed by atoms with Gasteiger partial charge in [0.25, 0.3) is 0 Å². The van der Waals surface area contributed by atoms with E-state index in [-0.39, 0.29) is 16.7 Å². The van der Waals surface area contributed by atoms with Gasteiger partial charge < -0.3 is 4.74 Å². The normalized spacial score (nSPS) is 11.6. The van der Waals surface area contributed by atoms with Crippen molar-refractivity contribution < 1.29 is 17.9 Å². The zero-order chi connectivity index (χ0) is 11.6. The first kappa shape index (κ1) is 12.5. The number of methoxy groups -OCH3 is 1. The topological polar surface area (TPSA) is 9.23 Å². The molecule has 0 amide bonds. The Morgan fingerprint density at radius 2 is 1.93 bits per heavy atom. The average molecular weight is 259 g/mol. The second kappa shape index (κ2) is 4.49. The molecule has 1 aromatic rings. The quantitative estimate of drug-likeness (QED) is 0.726. The maximum absolute atomic E-state index is 12.4. The van der Waals surface area contributed by atoms with Crippen LogP contribution in [0.4, 0.5) is 13.2 Å². The van der Waals surface area contributed by atoms with Crippen molar-refractivity contribution in [1.82, 2.24) is 0 Å². The molecular weight excluding hydrogens is 252 g/mol. The molecule has 0 aliphatic rings. The van der Waals surface area contributed by atoms with E-state index in [2.05, 4.69) is 0 Å². The molecule has 0 N–H and O–H groups in total. The fraction of sp³-hybridized carbons (Fsp3) is 0.333. The van der Waals surface area contributed by atoms with Crippen LogP contribution in [-0.2, 0) is 12.1 Å². The summed E-state index contributed by atoms with van der Waals surface area (Å²) in [6.45, 7) is 0. The molecule has 0 aromatic heterocycles. The van der Waals surface area contributed by atoms with E-state index in [9.17, 15) is 13.2 Å². The van der Waals surface area contributed by atoms with Crippen LogP contribution in [0.3, 0.4) is 0 Å². The first-order valence-corrected chi connectivity index (χ1v) is 4.81. The summed E-state index contributed by atoms with van der Waals surface area (Å²) < 4.78 is 41.9. The van der Waals surface area contributed by atoms with Gasteiger partial charge in [0.1, 0.15) is 5.75 Å². The van der Waals surface area contributed by atoms with Gasteiger partial charge in [-0.05, 0) is 12.1 Å². The number of alkyl halides is 4. The van der Waals surface area contributed by atoms with Crippen molar-refractivity contribution in [2.45, 2.75) is 12.1 Å². The average Bonchev–Trinajstić information content (AvgIpc) is 2.15. The number of ether oxygens (including phenoxy) is 1. The Morgan fingerprint density at radius 1 is 1.33 bits per heavy atom. The van der Waals surface area contributed by atoms with Crippen molar-refractivity contribution in [3.63, 3.8) is 0 Å². The van der Waals surface area contributed by atoms with Crippen molar-refractivity contribution >= 4 is 23.2 Å². The molecule has 0 aliphatic heterocycles. The highest BCUT2D eigenvalue weighted by Gasteiger charge is 2.32. The van der Waals surface area contributed by atoms with Crippen LogP contribution in [0.1, 0.15) is 11.1 Å². The molecule has 0 unspecified atom stereocenters. The Hall–Kier alpha value is -0.610. The molecule has 6 heteroatoms. The Morgan fingerprint density at radius 3 is 2.33 bits per heavy atom. The van der Waals surface area contributed by atoms with E-state index >= 15 is 0 Å². The molecule has 0 aliphatic carbocycles. The summed E-state index contributed by atoms with van der Waals surface area (Å²) in [5.41, 5.74) is -0.493. The summed E-state index contributed by atoms with van der Waals surface area (Å²) in [5, 5.41) is -0.0447. The fourth-order valence-corrected chi connectivity index (χ4v) is 1.71. The maximum Gasteiger partial charge on any atom is 0.416 e. The summed E-state index contributed by atoms with van der Waals surface area (Å²) in [7, 11) is 1.27. The lowest BCUT2D eigenvalue weighted by Crippen LogP contribution is -2.06. The molecule has 0 heterocycles. The highest BCUT2D eigenvalue weighted by molar-refractivity contribution is 6.32. The van der Waals surface area contributed by atoms with Gasteiger partial charge in [0.15, 0.2) is 0 Å². The van der Waals surface area contributed by atoms with Gasteiger partial charge in [-0.3, -0.25) is 0 Å². The standard InChI is InChI=1S/C9H7Cl2F3O/c1-15-8-3-5(9(12,13)14)2-7(11)6(8)4-10/h2-3H,4H2,1H3. The highest BCUT2D eigenvalue weighted by Crippen LogP contribution is 2.37. The van der Waals surface area contributed by atoms with Crippen molar-refractivity contribution in [2.75, 3.05) is 7.11 Å². The van der Waals surface area contributed by atoms with Crippen LogP contribution in [0.2, 0.25) is 5.02 Å². The number of hydrogen-bond acceptors (Lipinski definition) is 1. The van der Waals surface area contributed by atoms with E-state index in [4.69, 9.17) is 27.9 Å². The smallest absolute Gasteiger partial charge is 0.416 e. The number of hydrogen-bond donors (Lipinski definition) is 0. The summed E-state index contributed by atoms with van der Waals surface area (Å²) >= 11 is 11.2. The fourth-order valence-electron chi connectivity index (χ4n) is 1.09. The third-order valence-electron chi connectivity index (χ3n) is 1.84. The summed E-state index contributed by atoms with van der Waals surface area (Å²) in [6, 6.07) is 1.71. The van der Waals surface area contributed by atoms with Gasteiger partial charge in [-0.25, -0.2) is 0 Å². The molecule has 0 spiro atoms. The van der Waals surface area contributed by atoms with Crippen LogP contribution in [0.25, 0.3) is 0 Å². The highest BCUT2D eigenvalue weighted by atomic mass is 35.5. The Bertz CT molecular complexity index is 363. The van der Waals surface area contributed by atoms with E-state index in [1.807, 2.05) is 0 Å². The van der Waals surface area contributed by atoms with Gasteiger partial charge in [0.2, 0.25) is 0 Å². The van der Waals surface area contributed by atoms with E-state index in [0.717, 1.165) is 12.1 Å². The molecule has 1 nitrogen and oxygen atoms in total. The number of benzene rings is 1. The van der Waals surface area contributed by atoms with Crippen molar-refractivity contribution in [3.8, 4) is 5.75 Å². The van der Waals surface area contributed by atoms with Gasteiger partial charge in [0, 0.05) is 10.6 Å². The van der Waals surface area contributed by atoms with Gasteiger partial charge >= 0.3 is 6.18 Å². The van der Waals surface area contributed by atoms with Gasteiger partial charge in [-0.1, -0.05) is 11.6 Å². The lowest BCUT2D eigenvalue weighted by atomic mass is 10.1. The van der Waals surface area contributed by atoms with Crippen LogP contribution < -0.4 is 4.74 Å². The Kier molecular flexibility index (Phi) is 3.73. The first-order valence-electron chi connectivity index (χ1n) is 3.89. The lowest BCUT2D eigenvalue weighted by molar-refractivity contribution is -0.137. The lowest BCUT2D eigenvalue weighted by Gasteiger charge is -2.12. The molecule has 0 saturated heterocycles. The van der Waals surface area contributed by atoms with Gasteiger partial charge in [-0.2, -0.15) is 13.2 Å². The molecule has 0 saturated carbocycles. The molecule has 0 bridgehead atoms. The zero-order valence-corrected chi connectivity index (χ0v) is 9.17. The largest absolute Gasteiger partial charge is 0.496 e. The summed E-state index contributed by atoms with van der Waals surface area (Å²) in [5.74, 6) is 0.0463.